The molecule has 3 rings (SSSR count). The molecule has 1 aliphatic rings. The van der Waals surface area contributed by atoms with Gasteiger partial charge in [0.1, 0.15) is 0 Å². The van der Waals surface area contributed by atoms with Crippen molar-refractivity contribution in [1.29, 1.82) is 0 Å². The Hall–Kier alpha value is -1.43. The lowest BCUT2D eigenvalue weighted by Crippen LogP contribution is -2.35. The van der Waals surface area contributed by atoms with E-state index in [1.807, 2.05) is 0 Å². The van der Waals surface area contributed by atoms with Crippen molar-refractivity contribution >= 4 is 17.0 Å². The molecule has 1 fully saturated rings. The van der Waals surface area contributed by atoms with Gasteiger partial charge < -0.3 is 10.4 Å². The topological polar surface area (TPSA) is 48.4 Å². The van der Waals surface area contributed by atoms with Crippen molar-refractivity contribution in [1.82, 2.24) is 9.88 Å². The number of anilines is 1. The quantitative estimate of drug-likeness (QED) is 0.882. The van der Waals surface area contributed by atoms with E-state index in [0.717, 1.165) is 49.7 Å². The number of nitrogens with zero attached hydrogens (tertiary/aromatic N) is 2. The van der Waals surface area contributed by atoms with E-state index in [0.29, 0.717) is 0 Å². The molecule has 4 nitrogen and oxygen atoms in total. The molecule has 1 saturated heterocycles. The van der Waals surface area contributed by atoms with Crippen molar-refractivity contribution in [3.05, 3.63) is 45.4 Å². The summed E-state index contributed by atoms with van der Waals surface area (Å²) in [5.41, 5.74) is 3.65. The van der Waals surface area contributed by atoms with Crippen molar-refractivity contribution in [2.24, 2.45) is 0 Å². The molecule has 2 aromatic rings. The van der Waals surface area contributed by atoms with E-state index in [2.05, 4.69) is 53.3 Å². The number of para-hydroxylation sites is 1. The Morgan fingerprint density at radius 2 is 2.00 bits per heavy atom. The Labute approximate surface area is 142 Å². The highest BCUT2D eigenvalue weighted by Crippen LogP contribution is 2.23. The largest absolute Gasteiger partial charge is 0.393 e. The minimum atomic E-state index is -0.114. The fourth-order valence-corrected chi connectivity index (χ4v) is 3.94. The Balaban J connectivity index is 1.64. The van der Waals surface area contributed by atoms with Gasteiger partial charge in [0.15, 0.2) is 0 Å². The van der Waals surface area contributed by atoms with E-state index in [4.69, 9.17) is 0 Å². The van der Waals surface area contributed by atoms with Gasteiger partial charge in [0.05, 0.1) is 23.4 Å². The average Bonchev–Trinajstić information content (AvgIpc) is 2.86. The van der Waals surface area contributed by atoms with Crippen LogP contribution in [-0.4, -0.2) is 34.2 Å². The molecule has 0 spiro atoms. The zero-order valence-electron chi connectivity index (χ0n) is 13.9. The Morgan fingerprint density at radius 1 is 1.26 bits per heavy atom. The number of benzene rings is 1. The second-order valence-corrected chi connectivity index (χ2v) is 7.55. The SMILES string of the molecule is Cc1nc(C)c(CNc2ccccc2CN2CCC(O)CC2)s1. The molecule has 5 heteroatoms. The zero-order chi connectivity index (χ0) is 16.2. The van der Waals surface area contributed by atoms with E-state index in [-0.39, 0.29) is 6.10 Å². The molecule has 0 atom stereocenters. The van der Waals surface area contributed by atoms with E-state index in [1.165, 1.54) is 16.1 Å². The first-order valence-electron chi connectivity index (χ1n) is 8.27. The minimum Gasteiger partial charge on any atom is -0.393 e. The first-order valence-corrected chi connectivity index (χ1v) is 9.08. The highest BCUT2D eigenvalue weighted by molar-refractivity contribution is 7.11. The highest BCUT2D eigenvalue weighted by atomic mass is 32.1. The van der Waals surface area contributed by atoms with Crippen LogP contribution >= 0.6 is 11.3 Å². The van der Waals surface area contributed by atoms with Crippen molar-refractivity contribution in [3.63, 3.8) is 0 Å². The number of nitrogens with one attached hydrogen (secondary N) is 1. The molecule has 1 aromatic heterocycles. The molecule has 0 radical (unpaired) electrons. The number of hydrogen-bond acceptors (Lipinski definition) is 5. The molecule has 0 amide bonds. The summed E-state index contributed by atoms with van der Waals surface area (Å²) in [5, 5.41) is 14.3. The van der Waals surface area contributed by atoms with Gasteiger partial charge >= 0.3 is 0 Å². The summed E-state index contributed by atoms with van der Waals surface area (Å²) in [4.78, 5) is 8.22. The standard InChI is InChI=1S/C18H25N3OS/c1-13-18(23-14(2)20-13)11-19-17-6-4-3-5-15(17)12-21-9-7-16(22)8-10-21/h3-6,16,19,22H,7-12H2,1-2H3. The fourth-order valence-electron chi connectivity index (χ4n) is 3.06. The van der Waals surface area contributed by atoms with Gasteiger partial charge in [-0.15, -0.1) is 11.3 Å². The van der Waals surface area contributed by atoms with E-state index in [1.54, 1.807) is 11.3 Å². The Kier molecular flexibility index (Phi) is 5.30. The van der Waals surface area contributed by atoms with Crippen LogP contribution in [0.25, 0.3) is 0 Å². The predicted octanol–water partition coefficient (Wildman–Crippen LogP) is 3.33. The van der Waals surface area contributed by atoms with Crippen LogP contribution in [-0.2, 0) is 13.1 Å². The average molecular weight is 331 g/mol. The van der Waals surface area contributed by atoms with Gasteiger partial charge in [0.25, 0.3) is 0 Å². The highest BCUT2D eigenvalue weighted by Gasteiger charge is 2.17. The predicted molar refractivity (Wildman–Crippen MR) is 95.9 cm³/mol. The van der Waals surface area contributed by atoms with Crippen LogP contribution in [0, 0.1) is 13.8 Å². The van der Waals surface area contributed by atoms with Crippen LogP contribution < -0.4 is 5.32 Å². The lowest BCUT2D eigenvalue weighted by atomic mass is 10.1. The number of hydrogen-bond donors (Lipinski definition) is 2. The van der Waals surface area contributed by atoms with Crippen LogP contribution in [0.15, 0.2) is 24.3 Å². The molecular weight excluding hydrogens is 306 g/mol. The van der Waals surface area contributed by atoms with Crippen LogP contribution in [0.2, 0.25) is 0 Å². The number of aryl methyl sites for hydroxylation is 2. The molecule has 0 unspecified atom stereocenters. The first-order chi connectivity index (χ1) is 11.1. The van der Waals surface area contributed by atoms with E-state index >= 15 is 0 Å². The molecule has 1 aromatic carbocycles. The molecule has 23 heavy (non-hydrogen) atoms. The van der Waals surface area contributed by atoms with Crippen LogP contribution in [0.4, 0.5) is 5.69 Å². The van der Waals surface area contributed by atoms with E-state index in [9.17, 15) is 5.11 Å². The normalized spacial score (nSPS) is 16.7. The molecule has 124 valence electrons. The second-order valence-electron chi connectivity index (χ2n) is 6.26. The summed E-state index contributed by atoms with van der Waals surface area (Å²) < 4.78 is 0. The van der Waals surface area contributed by atoms with Crippen LogP contribution in [0.1, 0.15) is 34.0 Å². The number of rotatable bonds is 5. The second kappa shape index (κ2) is 7.43. The van der Waals surface area contributed by atoms with Gasteiger partial charge in [0.2, 0.25) is 0 Å². The Morgan fingerprint density at radius 3 is 2.70 bits per heavy atom. The van der Waals surface area contributed by atoms with Crippen molar-refractivity contribution in [2.75, 3.05) is 18.4 Å². The summed E-state index contributed by atoms with van der Waals surface area (Å²) >= 11 is 1.76. The number of aliphatic hydroxyl groups is 1. The van der Waals surface area contributed by atoms with Gasteiger partial charge in [0, 0.05) is 30.2 Å². The van der Waals surface area contributed by atoms with Crippen LogP contribution in [0.3, 0.4) is 0 Å². The third-order valence-corrected chi connectivity index (χ3v) is 5.48. The molecule has 0 bridgehead atoms. The molecular formula is C18H25N3OS. The van der Waals surface area contributed by atoms with Crippen LogP contribution in [0.5, 0.6) is 0 Å². The summed E-state index contributed by atoms with van der Waals surface area (Å²) in [5.74, 6) is 0. The van der Waals surface area contributed by atoms with Crippen molar-refractivity contribution < 1.29 is 5.11 Å². The third kappa shape index (κ3) is 4.31. The fraction of sp³-hybridized carbons (Fsp3) is 0.500. The van der Waals surface area contributed by atoms with Gasteiger partial charge in [-0.1, -0.05) is 18.2 Å². The minimum absolute atomic E-state index is 0.114. The lowest BCUT2D eigenvalue weighted by Gasteiger charge is -2.30. The van der Waals surface area contributed by atoms with Gasteiger partial charge in [-0.05, 0) is 38.3 Å². The molecule has 2 N–H and O–H groups in total. The summed E-state index contributed by atoms with van der Waals surface area (Å²) in [6, 6.07) is 8.52. The van der Waals surface area contributed by atoms with Crippen molar-refractivity contribution in [3.8, 4) is 0 Å². The third-order valence-electron chi connectivity index (χ3n) is 4.41. The molecule has 1 aliphatic heterocycles. The first kappa shape index (κ1) is 16.4. The monoisotopic (exact) mass is 331 g/mol. The van der Waals surface area contributed by atoms with Gasteiger partial charge in [-0.25, -0.2) is 4.98 Å². The van der Waals surface area contributed by atoms with Gasteiger partial charge in [-0.3, -0.25) is 4.90 Å². The Bertz CT molecular complexity index is 647. The smallest absolute Gasteiger partial charge is 0.0900 e. The lowest BCUT2D eigenvalue weighted by molar-refractivity contribution is 0.0793. The number of piperidine rings is 1. The number of likely N-dealkylation sites (tertiary alicyclic amines) is 1. The maximum absolute atomic E-state index is 9.64. The number of thiazole rings is 1. The molecule has 0 aliphatic carbocycles. The summed E-state index contributed by atoms with van der Waals surface area (Å²) in [7, 11) is 0. The van der Waals surface area contributed by atoms with Gasteiger partial charge in [-0.2, -0.15) is 0 Å². The molecule has 0 saturated carbocycles. The van der Waals surface area contributed by atoms with E-state index < -0.39 is 0 Å². The van der Waals surface area contributed by atoms with Crippen molar-refractivity contribution in [2.45, 2.75) is 45.9 Å². The number of aliphatic hydroxyl groups excluding tert-OH is 1. The summed E-state index contributed by atoms with van der Waals surface area (Å²) in [6.07, 6.45) is 1.65. The zero-order valence-corrected chi connectivity index (χ0v) is 14.7. The number of aromatic nitrogens is 1. The molecule has 2 heterocycles. The maximum atomic E-state index is 9.64. The summed E-state index contributed by atoms with van der Waals surface area (Å²) in [6.45, 7) is 7.85. The maximum Gasteiger partial charge on any atom is 0.0900 e.